The van der Waals surface area contributed by atoms with Gasteiger partial charge in [0.05, 0.1) is 13.2 Å². The van der Waals surface area contributed by atoms with Gasteiger partial charge in [-0.15, -0.1) is 0 Å². The average molecular weight is 395 g/mol. The van der Waals surface area contributed by atoms with E-state index in [4.69, 9.17) is 4.74 Å². The first-order valence-corrected chi connectivity index (χ1v) is 9.86. The number of ether oxygens (including phenoxy) is 1. The van der Waals surface area contributed by atoms with Gasteiger partial charge in [0.1, 0.15) is 0 Å². The predicted octanol–water partition coefficient (Wildman–Crippen LogP) is 2.16. The fourth-order valence-corrected chi connectivity index (χ4v) is 3.74. The van der Waals surface area contributed by atoms with Crippen molar-refractivity contribution in [3.05, 3.63) is 29.8 Å². The number of rotatable bonds is 6. The highest BCUT2D eigenvalue weighted by molar-refractivity contribution is 5.92. The van der Waals surface area contributed by atoms with Gasteiger partial charge in [0.25, 0.3) is 0 Å². The lowest BCUT2D eigenvalue weighted by Gasteiger charge is -2.28. The second-order valence-electron chi connectivity index (χ2n) is 7.41. The molecule has 6 nitrogen and oxygen atoms in total. The fraction of sp³-hybridized carbons (Fsp3) is 0.600. The molecular formula is C20H27F2N3O3. The topological polar surface area (TPSA) is 70.7 Å². The van der Waals surface area contributed by atoms with Gasteiger partial charge in [-0.3, -0.25) is 14.5 Å². The molecule has 8 heteroatoms. The summed E-state index contributed by atoms with van der Waals surface area (Å²) >= 11 is 0. The number of carbonyl (C=O) groups excluding carboxylic acids is 2. The number of nitrogens with one attached hydrogen (secondary N) is 2. The number of halogens is 2. The lowest BCUT2D eigenvalue weighted by Crippen LogP contribution is -2.43. The molecule has 0 aromatic heterocycles. The van der Waals surface area contributed by atoms with E-state index < -0.39 is 11.6 Å². The summed E-state index contributed by atoms with van der Waals surface area (Å²) in [5.74, 6) is -2.39. The Bertz CT molecular complexity index is 687. The number of hydrogen-bond donors (Lipinski definition) is 2. The molecule has 0 unspecified atom stereocenters. The second kappa shape index (κ2) is 9.93. The molecule has 0 spiro atoms. The molecule has 2 N–H and O–H groups in total. The van der Waals surface area contributed by atoms with Gasteiger partial charge in [0.2, 0.25) is 11.8 Å². The highest BCUT2D eigenvalue weighted by Crippen LogP contribution is 2.30. The molecule has 0 bridgehead atoms. The van der Waals surface area contributed by atoms with Crippen LogP contribution in [0.5, 0.6) is 0 Å². The average Bonchev–Trinajstić information content (AvgIpc) is 2.71. The van der Waals surface area contributed by atoms with E-state index in [-0.39, 0.29) is 29.3 Å². The molecule has 0 radical (unpaired) electrons. The number of benzene rings is 1. The molecule has 2 aliphatic rings. The minimum Gasteiger partial charge on any atom is -0.379 e. The first-order valence-electron chi connectivity index (χ1n) is 9.86. The maximum absolute atomic E-state index is 13.3. The summed E-state index contributed by atoms with van der Waals surface area (Å²) in [4.78, 5) is 27.0. The van der Waals surface area contributed by atoms with Gasteiger partial charge in [-0.25, -0.2) is 8.78 Å². The molecule has 28 heavy (non-hydrogen) atoms. The number of nitrogens with zero attached hydrogens (tertiary/aromatic N) is 1. The number of anilines is 1. The monoisotopic (exact) mass is 395 g/mol. The van der Waals surface area contributed by atoms with Crippen molar-refractivity contribution in [3.63, 3.8) is 0 Å². The standard InChI is InChI=1S/C20H27F2N3O3/c21-17-6-5-16(13-18(17)22)24-20(27)15-3-1-14(2-4-15)19(26)23-7-8-25-9-11-28-12-10-25/h5-6,13-15H,1-4,7-12H2,(H,23,26)(H,24,27). The number of amides is 2. The molecule has 3 rings (SSSR count). The van der Waals surface area contributed by atoms with Gasteiger partial charge in [-0.05, 0) is 37.8 Å². The van der Waals surface area contributed by atoms with Gasteiger partial charge in [-0.2, -0.15) is 0 Å². The van der Waals surface area contributed by atoms with E-state index in [0.717, 1.165) is 45.0 Å². The Morgan fingerprint density at radius 1 is 1.00 bits per heavy atom. The maximum Gasteiger partial charge on any atom is 0.227 e. The van der Waals surface area contributed by atoms with Crippen LogP contribution in [0.1, 0.15) is 25.7 Å². The van der Waals surface area contributed by atoms with Crippen LogP contribution < -0.4 is 10.6 Å². The Balaban J connectivity index is 1.37. The third-order valence-electron chi connectivity index (χ3n) is 5.49. The lowest BCUT2D eigenvalue weighted by atomic mass is 9.81. The summed E-state index contributed by atoms with van der Waals surface area (Å²) in [6, 6.07) is 3.30. The van der Waals surface area contributed by atoms with Crippen molar-refractivity contribution in [2.24, 2.45) is 11.8 Å². The molecule has 2 fully saturated rings. The Kier molecular flexibility index (Phi) is 7.33. The third kappa shape index (κ3) is 5.72. The van der Waals surface area contributed by atoms with Gasteiger partial charge in [0, 0.05) is 49.8 Å². The van der Waals surface area contributed by atoms with Crippen LogP contribution in [0.15, 0.2) is 18.2 Å². The molecule has 1 aromatic carbocycles. The van der Waals surface area contributed by atoms with Crippen LogP contribution in [0.3, 0.4) is 0 Å². The van der Waals surface area contributed by atoms with Crippen LogP contribution >= 0.6 is 0 Å². The maximum atomic E-state index is 13.3. The summed E-state index contributed by atoms with van der Waals surface area (Å²) in [5.41, 5.74) is 0.242. The highest BCUT2D eigenvalue weighted by atomic mass is 19.2. The molecule has 2 amide bonds. The zero-order valence-corrected chi connectivity index (χ0v) is 15.9. The fourth-order valence-electron chi connectivity index (χ4n) is 3.74. The van der Waals surface area contributed by atoms with Gasteiger partial charge < -0.3 is 15.4 Å². The van der Waals surface area contributed by atoms with Crippen LogP contribution in [0, 0.1) is 23.5 Å². The SMILES string of the molecule is O=C(NCCN1CCOCC1)C1CCC(C(=O)Nc2ccc(F)c(F)c2)CC1. The summed E-state index contributed by atoms with van der Waals surface area (Å²) < 4.78 is 31.5. The van der Waals surface area contributed by atoms with E-state index in [1.54, 1.807) is 0 Å². The van der Waals surface area contributed by atoms with Crippen LogP contribution in [0.25, 0.3) is 0 Å². The lowest BCUT2D eigenvalue weighted by molar-refractivity contribution is -0.128. The molecule has 1 aromatic rings. The Morgan fingerprint density at radius 2 is 1.64 bits per heavy atom. The van der Waals surface area contributed by atoms with Crippen LogP contribution in [-0.4, -0.2) is 56.1 Å². The van der Waals surface area contributed by atoms with Crippen molar-refractivity contribution in [2.75, 3.05) is 44.7 Å². The van der Waals surface area contributed by atoms with Crippen molar-refractivity contribution in [3.8, 4) is 0 Å². The predicted molar refractivity (Wildman–Crippen MR) is 101 cm³/mol. The normalized spacial score (nSPS) is 23.2. The molecule has 1 aliphatic heterocycles. The Morgan fingerprint density at radius 3 is 2.29 bits per heavy atom. The van der Waals surface area contributed by atoms with Crippen molar-refractivity contribution in [2.45, 2.75) is 25.7 Å². The third-order valence-corrected chi connectivity index (χ3v) is 5.49. The van der Waals surface area contributed by atoms with E-state index in [9.17, 15) is 18.4 Å². The number of morpholine rings is 1. The molecule has 0 atom stereocenters. The molecule has 1 aliphatic carbocycles. The van der Waals surface area contributed by atoms with Crippen molar-refractivity contribution < 1.29 is 23.1 Å². The van der Waals surface area contributed by atoms with Crippen LogP contribution in [0.2, 0.25) is 0 Å². The van der Waals surface area contributed by atoms with Crippen molar-refractivity contribution >= 4 is 17.5 Å². The molecule has 1 saturated heterocycles. The first kappa shape index (κ1) is 20.7. The minimum absolute atomic E-state index is 0.0488. The van der Waals surface area contributed by atoms with E-state index >= 15 is 0 Å². The zero-order valence-electron chi connectivity index (χ0n) is 15.9. The van der Waals surface area contributed by atoms with Gasteiger partial charge >= 0.3 is 0 Å². The van der Waals surface area contributed by atoms with Crippen molar-refractivity contribution in [1.82, 2.24) is 10.2 Å². The zero-order chi connectivity index (χ0) is 19.9. The summed E-state index contributed by atoms with van der Waals surface area (Å²) in [6.45, 7) is 4.72. The van der Waals surface area contributed by atoms with Gasteiger partial charge in [0.15, 0.2) is 11.6 Å². The summed E-state index contributed by atoms with van der Waals surface area (Å²) in [7, 11) is 0. The second-order valence-corrected chi connectivity index (χ2v) is 7.41. The van der Waals surface area contributed by atoms with E-state index in [1.807, 2.05) is 0 Å². The first-order chi connectivity index (χ1) is 13.5. The van der Waals surface area contributed by atoms with E-state index in [1.165, 1.54) is 6.07 Å². The molecule has 1 saturated carbocycles. The van der Waals surface area contributed by atoms with E-state index in [0.29, 0.717) is 32.2 Å². The Labute approximate surface area is 163 Å². The Hall–Kier alpha value is -2.06. The summed E-state index contributed by atoms with van der Waals surface area (Å²) in [5, 5.41) is 5.63. The quantitative estimate of drug-likeness (QED) is 0.775. The number of hydrogen-bond acceptors (Lipinski definition) is 4. The van der Waals surface area contributed by atoms with Crippen LogP contribution in [-0.2, 0) is 14.3 Å². The van der Waals surface area contributed by atoms with Gasteiger partial charge in [-0.1, -0.05) is 0 Å². The molecule has 154 valence electrons. The molecule has 1 heterocycles. The van der Waals surface area contributed by atoms with E-state index in [2.05, 4.69) is 15.5 Å². The number of carbonyl (C=O) groups is 2. The smallest absolute Gasteiger partial charge is 0.227 e. The van der Waals surface area contributed by atoms with Crippen molar-refractivity contribution in [1.29, 1.82) is 0 Å². The molecular weight excluding hydrogens is 368 g/mol. The largest absolute Gasteiger partial charge is 0.379 e. The van der Waals surface area contributed by atoms with Crippen LogP contribution in [0.4, 0.5) is 14.5 Å². The summed E-state index contributed by atoms with van der Waals surface area (Å²) in [6.07, 6.45) is 2.52. The highest BCUT2D eigenvalue weighted by Gasteiger charge is 2.30. The minimum atomic E-state index is -0.991.